The SMILES string of the molecule is CC.CCCC.CCNO. The molecular weight excluding hydrogens is 126 g/mol. The summed E-state index contributed by atoms with van der Waals surface area (Å²) < 4.78 is 0. The van der Waals surface area contributed by atoms with Crippen molar-refractivity contribution in [2.75, 3.05) is 6.54 Å². The lowest BCUT2D eigenvalue weighted by atomic mass is 10.4. The van der Waals surface area contributed by atoms with E-state index in [0.717, 1.165) is 0 Å². The average molecular weight is 149 g/mol. The minimum Gasteiger partial charge on any atom is -0.317 e. The Labute approximate surface area is 65.6 Å². The highest BCUT2D eigenvalue weighted by Crippen LogP contribution is 1.76. The summed E-state index contributed by atoms with van der Waals surface area (Å²) in [6, 6.07) is 0. The molecule has 0 spiro atoms. The van der Waals surface area contributed by atoms with Gasteiger partial charge in [-0.3, -0.25) is 0 Å². The number of nitrogens with one attached hydrogen (secondary N) is 1. The zero-order valence-corrected chi connectivity index (χ0v) is 8.07. The van der Waals surface area contributed by atoms with E-state index in [1.54, 1.807) is 0 Å². The fourth-order valence-corrected chi connectivity index (χ4v) is 0. The van der Waals surface area contributed by atoms with Gasteiger partial charge in [0.1, 0.15) is 0 Å². The van der Waals surface area contributed by atoms with Crippen LogP contribution in [0, 0.1) is 0 Å². The first-order valence-corrected chi connectivity index (χ1v) is 4.20. The molecule has 0 amide bonds. The molecule has 66 valence electrons. The zero-order valence-electron chi connectivity index (χ0n) is 8.07. The van der Waals surface area contributed by atoms with Gasteiger partial charge in [0.2, 0.25) is 0 Å². The van der Waals surface area contributed by atoms with Crippen LogP contribution in [-0.4, -0.2) is 11.8 Å². The Kier molecular flexibility index (Phi) is 60.0. The van der Waals surface area contributed by atoms with Crippen LogP contribution in [0.5, 0.6) is 0 Å². The summed E-state index contributed by atoms with van der Waals surface area (Å²) in [4.78, 5) is 0. The molecule has 0 saturated carbocycles. The minimum atomic E-state index is 0.625. The fourth-order valence-electron chi connectivity index (χ4n) is 0. The van der Waals surface area contributed by atoms with Gasteiger partial charge in [0.05, 0.1) is 0 Å². The van der Waals surface area contributed by atoms with Gasteiger partial charge in [0.25, 0.3) is 0 Å². The van der Waals surface area contributed by atoms with Crippen molar-refractivity contribution in [3.8, 4) is 0 Å². The molecule has 0 atom stereocenters. The molecule has 0 aliphatic carbocycles. The second kappa shape index (κ2) is 36.4. The van der Waals surface area contributed by atoms with E-state index in [1.165, 1.54) is 12.8 Å². The fraction of sp³-hybridized carbons (Fsp3) is 1.00. The number of hydroxylamine groups is 1. The maximum absolute atomic E-state index is 7.62. The van der Waals surface area contributed by atoms with E-state index in [9.17, 15) is 0 Å². The van der Waals surface area contributed by atoms with E-state index < -0.39 is 0 Å². The first-order valence-electron chi connectivity index (χ1n) is 4.20. The Hall–Kier alpha value is -0.0800. The predicted octanol–water partition coefficient (Wildman–Crippen LogP) is 2.82. The average Bonchev–Trinajstić information content (AvgIpc) is 2.08. The van der Waals surface area contributed by atoms with Crippen LogP contribution in [0.25, 0.3) is 0 Å². The molecule has 0 radical (unpaired) electrons. The first-order chi connectivity index (χ1) is 4.83. The van der Waals surface area contributed by atoms with Crippen molar-refractivity contribution in [1.82, 2.24) is 5.48 Å². The van der Waals surface area contributed by atoms with Crippen molar-refractivity contribution < 1.29 is 5.21 Å². The highest BCUT2D eigenvalue weighted by molar-refractivity contribution is 4.12. The Morgan fingerprint density at radius 3 is 1.20 bits per heavy atom. The van der Waals surface area contributed by atoms with E-state index in [1.807, 2.05) is 26.3 Å². The van der Waals surface area contributed by atoms with Crippen LogP contribution >= 0.6 is 0 Å². The topological polar surface area (TPSA) is 32.3 Å². The molecule has 0 aliphatic heterocycles. The molecule has 0 aromatic rings. The third kappa shape index (κ3) is 103. The van der Waals surface area contributed by atoms with Crippen LogP contribution in [-0.2, 0) is 0 Å². The maximum atomic E-state index is 7.62. The molecule has 2 nitrogen and oxygen atoms in total. The predicted molar refractivity (Wildman–Crippen MR) is 47.4 cm³/mol. The number of hydrogen-bond acceptors (Lipinski definition) is 2. The van der Waals surface area contributed by atoms with Crippen molar-refractivity contribution in [3.05, 3.63) is 0 Å². The van der Waals surface area contributed by atoms with Gasteiger partial charge in [0, 0.05) is 6.54 Å². The molecule has 0 fully saturated rings. The van der Waals surface area contributed by atoms with Crippen LogP contribution in [0.15, 0.2) is 0 Å². The van der Waals surface area contributed by atoms with E-state index in [2.05, 4.69) is 13.8 Å². The Bertz CT molecular complexity index is 17.2. The van der Waals surface area contributed by atoms with E-state index in [0.29, 0.717) is 6.54 Å². The quantitative estimate of drug-likeness (QED) is 0.592. The molecular formula is C8H23NO. The smallest absolute Gasteiger partial charge is 0.0179 e. The van der Waals surface area contributed by atoms with Crippen molar-refractivity contribution in [1.29, 1.82) is 0 Å². The molecule has 0 aromatic heterocycles. The van der Waals surface area contributed by atoms with Gasteiger partial charge in [0.15, 0.2) is 0 Å². The summed E-state index contributed by atoms with van der Waals surface area (Å²) in [5, 5.41) is 7.62. The van der Waals surface area contributed by atoms with Gasteiger partial charge in [-0.25, -0.2) is 5.48 Å². The van der Waals surface area contributed by atoms with Crippen LogP contribution < -0.4 is 5.48 Å². The third-order valence-electron chi connectivity index (χ3n) is 0.658. The standard InChI is InChI=1S/C4H10.C2H7NO.C2H6/c1-3-4-2;1-2-3-4;1-2/h3-4H2,1-2H3;3-4H,2H2,1H3;1-2H3. The summed E-state index contributed by atoms with van der Waals surface area (Å²) in [6.07, 6.45) is 2.64. The van der Waals surface area contributed by atoms with E-state index >= 15 is 0 Å². The van der Waals surface area contributed by atoms with E-state index in [-0.39, 0.29) is 0 Å². The molecule has 2 N–H and O–H groups in total. The van der Waals surface area contributed by atoms with Crippen LogP contribution in [0.3, 0.4) is 0 Å². The number of unbranched alkanes of at least 4 members (excludes halogenated alkanes) is 1. The third-order valence-corrected chi connectivity index (χ3v) is 0.658. The molecule has 0 aliphatic rings. The van der Waals surface area contributed by atoms with Gasteiger partial charge < -0.3 is 5.21 Å². The van der Waals surface area contributed by atoms with Gasteiger partial charge in [-0.2, -0.15) is 0 Å². The monoisotopic (exact) mass is 149 g/mol. The number of rotatable bonds is 2. The van der Waals surface area contributed by atoms with Gasteiger partial charge in [-0.15, -0.1) is 0 Å². The second-order valence-electron chi connectivity index (χ2n) is 1.51. The second-order valence-corrected chi connectivity index (χ2v) is 1.51. The minimum absolute atomic E-state index is 0.625. The molecule has 0 heterocycles. The van der Waals surface area contributed by atoms with Gasteiger partial charge >= 0.3 is 0 Å². The summed E-state index contributed by atoms with van der Waals surface area (Å²) >= 11 is 0. The summed E-state index contributed by atoms with van der Waals surface area (Å²) in [5.74, 6) is 0. The van der Waals surface area contributed by atoms with Gasteiger partial charge in [-0.05, 0) is 0 Å². The largest absolute Gasteiger partial charge is 0.317 e. The lowest BCUT2D eigenvalue weighted by Gasteiger charge is -1.75. The Balaban J connectivity index is -0.0000000787. The van der Waals surface area contributed by atoms with Gasteiger partial charge in [-0.1, -0.05) is 47.5 Å². The molecule has 10 heavy (non-hydrogen) atoms. The van der Waals surface area contributed by atoms with Crippen molar-refractivity contribution in [2.45, 2.75) is 47.5 Å². The zero-order chi connectivity index (χ0) is 8.83. The molecule has 2 heteroatoms. The summed E-state index contributed by atoms with van der Waals surface area (Å²) in [6.45, 7) is 10.8. The first kappa shape index (κ1) is 16.5. The normalized spacial score (nSPS) is 6.60. The highest BCUT2D eigenvalue weighted by atomic mass is 16.5. The molecule has 0 unspecified atom stereocenters. The van der Waals surface area contributed by atoms with Crippen LogP contribution in [0.4, 0.5) is 0 Å². The lowest BCUT2D eigenvalue weighted by molar-refractivity contribution is 0.173. The molecule has 0 bridgehead atoms. The van der Waals surface area contributed by atoms with Crippen molar-refractivity contribution in [2.24, 2.45) is 0 Å². The van der Waals surface area contributed by atoms with Crippen molar-refractivity contribution >= 4 is 0 Å². The molecule has 0 aromatic carbocycles. The summed E-state index contributed by atoms with van der Waals surface area (Å²) in [7, 11) is 0. The van der Waals surface area contributed by atoms with Crippen LogP contribution in [0.2, 0.25) is 0 Å². The maximum Gasteiger partial charge on any atom is 0.0179 e. The Morgan fingerprint density at radius 1 is 1.00 bits per heavy atom. The summed E-state index contributed by atoms with van der Waals surface area (Å²) in [5.41, 5.74) is 1.93. The highest BCUT2D eigenvalue weighted by Gasteiger charge is 1.56. The van der Waals surface area contributed by atoms with Crippen LogP contribution in [0.1, 0.15) is 47.5 Å². The molecule has 0 rings (SSSR count). The van der Waals surface area contributed by atoms with E-state index in [4.69, 9.17) is 5.21 Å². The lowest BCUT2D eigenvalue weighted by Crippen LogP contribution is -2.02. The molecule has 0 saturated heterocycles. The van der Waals surface area contributed by atoms with Crippen molar-refractivity contribution in [3.63, 3.8) is 0 Å². The number of hydrogen-bond donors (Lipinski definition) is 2. The Morgan fingerprint density at radius 2 is 1.20 bits per heavy atom.